The highest BCUT2D eigenvalue weighted by atomic mass is 16.5. The highest BCUT2D eigenvalue weighted by molar-refractivity contribution is 6.18. The zero-order chi connectivity index (χ0) is 39.9. The molecule has 2 aromatic heterocycles. The number of carboxylic acids is 2. The minimum absolute atomic E-state index is 0.0349. The first-order valence-electron chi connectivity index (χ1n) is 17.4. The van der Waals surface area contributed by atoms with Crippen LogP contribution in [0.3, 0.4) is 0 Å². The lowest BCUT2D eigenvalue weighted by atomic mass is 9.90. The summed E-state index contributed by atoms with van der Waals surface area (Å²) in [6, 6.07) is 45.7. The number of carbonyl (C=O) groups is 4. The molecule has 8 aromatic rings. The van der Waals surface area contributed by atoms with E-state index in [9.17, 15) is 29.4 Å². The molecule has 0 radical (unpaired) electrons. The predicted octanol–water partition coefficient (Wildman–Crippen LogP) is 5.29. The maximum absolute atomic E-state index is 10.9. The van der Waals surface area contributed by atoms with Crippen molar-refractivity contribution in [1.29, 1.82) is 0 Å². The van der Waals surface area contributed by atoms with Crippen molar-refractivity contribution in [2.45, 2.75) is 0 Å². The predicted molar refractivity (Wildman–Crippen MR) is 208 cm³/mol. The minimum atomic E-state index is -1.27. The van der Waals surface area contributed by atoms with E-state index in [4.69, 9.17) is 0 Å². The third kappa shape index (κ3) is 7.62. The molecule has 0 aliphatic heterocycles. The second-order valence-corrected chi connectivity index (χ2v) is 12.6. The van der Waals surface area contributed by atoms with E-state index >= 15 is 0 Å². The van der Waals surface area contributed by atoms with Crippen molar-refractivity contribution >= 4 is 67.5 Å². The summed E-state index contributed by atoms with van der Waals surface area (Å²) in [5.41, 5.74) is 8.29. The van der Waals surface area contributed by atoms with Crippen LogP contribution in [0.1, 0.15) is 41.4 Å². The van der Waals surface area contributed by atoms with Gasteiger partial charge < -0.3 is 29.3 Å². The Morgan fingerprint density at radius 3 is 0.857 bits per heavy atom. The van der Waals surface area contributed by atoms with Crippen LogP contribution in [0.5, 0.6) is 0 Å². The highest BCUT2D eigenvalue weighted by Gasteiger charge is 2.25. The summed E-state index contributed by atoms with van der Waals surface area (Å²) >= 11 is 0. The van der Waals surface area contributed by atoms with E-state index in [1.54, 1.807) is 0 Å². The fourth-order valence-corrected chi connectivity index (χ4v) is 6.72. The second kappa shape index (κ2) is 16.7. The first-order chi connectivity index (χ1) is 27.0. The molecule has 0 fully saturated rings. The molecule has 6 aromatic carbocycles. The van der Waals surface area contributed by atoms with Gasteiger partial charge >= 0.3 is 11.9 Å². The van der Waals surface area contributed by atoms with Gasteiger partial charge in [-0.05, 0) is 59.7 Å². The van der Waals surface area contributed by atoms with E-state index < -0.39 is 23.9 Å². The van der Waals surface area contributed by atoms with Gasteiger partial charge in [-0.15, -0.1) is 0 Å². The lowest BCUT2D eigenvalue weighted by Gasteiger charge is -2.14. The van der Waals surface area contributed by atoms with Gasteiger partial charge in [0.1, 0.15) is 14.1 Å². The van der Waals surface area contributed by atoms with Gasteiger partial charge in [-0.25, -0.2) is 9.59 Å². The Kier molecular flexibility index (Phi) is 11.4. The van der Waals surface area contributed by atoms with Crippen molar-refractivity contribution in [3.63, 3.8) is 0 Å². The van der Waals surface area contributed by atoms with Crippen LogP contribution in [0.15, 0.2) is 146 Å². The van der Waals surface area contributed by atoms with E-state index in [1.807, 2.05) is 0 Å². The van der Waals surface area contributed by atoms with E-state index in [1.165, 1.54) is 117 Å². The fraction of sp³-hybridized carbons (Fsp3) is 0.0870. The van der Waals surface area contributed by atoms with Crippen LogP contribution in [-0.4, -0.2) is 38.1 Å². The molecule has 0 aliphatic rings. The third-order valence-corrected chi connectivity index (χ3v) is 9.47. The Bertz CT molecular complexity index is 2470. The average molecular weight is 745 g/mol. The molecule has 10 heteroatoms. The molecular weight excluding hydrogens is 709 g/mol. The monoisotopic (exact) mass is 744 g/mol. The van der Waals surface area contributed by atoms with Crippen molar-refractivity contribution in [3.8, 4) is 11.1 Å². The molecule has 10 nitrogen and oxygen atoms in total. The molecular formula is C46H36N2O8. The average Bonchev–Trinajstić information content (AvgIpc) is 3.24. The Labute approximate surface area is 322 Å². The number of rotatable bonds is 5. The molecule has 8 rings (SSSR count). The molecule has 278 valence electrons. The lowest BCUT2D eigenvalue weighted by Crippen LogP contribution is -2.31. The number of aromatic carboxylic acids is 2. The largest absolute Gasteiger partial charge is 0.545 e. The van der Waals surface area contributed by atoms with Gasteiger partial charge in [0.05, 0.1) is 58.8 Å². The molecule has 0 atom stereocenters. The van der Waals surface area contributed by atoms with Crippen molar-refractivity contribution < 1.29 is 48.0 Å². The summed E-state index contributed by atoms with van der Waals surface area (Å²) in [5, 5.41) is 25.8. The van der Waals surface area contributed by atoms with Crippen molar-refractivity contribution in [3.05, 3.63) is 168 Å². The number of hydrogen-bond donors (Lipinski definition) is 0. The maximum atomic E-state index is 10.9. The number of pyridine rings is 2. The summed E-state index contributed by atoms with van der Waals surface area (Å²) in [5.74, 6) is -3.53. The van der Waals surface area contributed by atoms with Crippen molar-refractivity contribution in [2.75, 3.05) is 14.2 Å². The Balaban J connectivity index is 0.000000170. The molecule has 0 saturated heterocycles. The third-order valence-electron chi connectivity index (χ3n) is 9.47. The number of carbonyl (C=O) groups excluding carboxylic acids is 4. The second-order valence-electron chi connectivity index (χ2n) is 12.6. The standard InChI is InChI=1S/C28H22N2.2C9H8O4/c1-29-23-15-7-3-11-19(23)27(20-12-4-8-16-24(20)29)28-21-13-5-9-17-25(21)30(2)26-18-10-6-14-22(26)28;2*1-13-9(12)7-4-2-6(3-5-7)8(10)11/h3-18H,1-2H3;2*2-5H,1H3,(H,10,11)/q+2;;/p-2. The number of ether oxygens (including phenoxy) is 2. The van der Waals surface area contributed by atoms with Gasteiger partial charge in [0.15, 0.2) is 0 Å². The van der Waals surface area contributed by atoms with E-state index in [0.717, 1.165) is 0 Å². The summed E-state index contributed by atoms with van der Waals surface area (Å²) < 4.78 is 13.5. The van der Waals surface area contributed by atoms with E-state index in [2.05, 4.69) is 130 Å². The molecule has 2 heterocycles. The maximum Gasteiger partial charge on any atom is 0.337 e. The first-order valence-corrected chi connectivity index (χ1v) is 17.4. The fourth-order valence-electron chi connectivity index (χ4n) is 6.72. The number of aryl methyl sites for hydroxylation is 2. The highest BCUT2D eigenvalue weighted by Crippen LogP contribution is 2.40. The van der Waals surface area contributed by atoms with E-state index in [0.29, 0.717) is 11.1 Å². The van der Waals surface area contributed by atoms with Crippen LogP contribution >= 0.6 is 0 Å². The van der Waals surface area contributed by atoms with Crippen LogP contribution in [0.2, 0.25) is 0 Å². The molecule has 0 aliphatic carbocycles. The minimum Gasteiger partial charge on any atom is -0.545 e. The number of aromatic nitrogens is 2. The van der Waals surface area contributed by atoms with Gasteiger partial charge in [-0.1, -0.05) is 72.8 Å². The van der Waals surface area contributed by atoms with Gasteiger partial charge in [-0.2, -0.15) is 9.13 Å². The van der Waals surface area contributed by atoms with Crippen molar-refractivity contribution in [1.82, 2.24) is 0 Å². The smallest absolute Gasteiger partial charge is 0.337 e. The SMILES string of the molecule is COC(=O)c1ccc(C(=O)[O-])cc1.COC(=O)c1ccc(C(=O)[O-])cc1.C[n+]1c2ccccc2c(-c2c3ccccc3[n+](C)c3ccccc23)c2ccccc21. The Morgan fingerprint density at radius 2 is 0.625 bits per heavy atom. The number of nitrogens with zero attached hydrogens (tertiary/aromatic N) is 2. The van der Waals surface area contributed by atoms with Gasteiger partial charge in [0.25, 0.3) is 0 Å². The molecule has 0 spiro atoms. The number of fused-ring (bicyclic) bond motifs is 4. The Morgan fingerprint density at radius 1 is 0.393 bits per heavy atom. The summed E-state index contributed by atoms with van der Waals surface area (Å²) in [6.07, 6.45) is 0. The molecule has 0 saturated carbocycles. The van der Waals surface area contributed by atoms with E-state index in [-0.39, 0.29) is 11.1 Å². The first kappa shape index (κ1) is 38.3. The number of hydrogen-bond acceptors (Lipinski definition) is 8. The van der Waals surface area contributed by atoms with Crippen LogP contribution in [0.4, 0.5) is 0 Å². The number of para-hydroxylation sites is 4. The van der Waals surface area contributed by atoms with Crippen molar-refractivity contribution in [2.24, 2.45) is 14.1 Å². The zero-order valence-electron chi connectivity index (χ0n) is 31.0. The van der Waals surface area contributed by atoms with Crippen LogP contribution < -0.4 is 19.3 Å². The molecule has 0 amide bonds. The van der Waals surface area contributed by atoms with Crippen LogP contribution in [-0.2, 0) is 23.6 Å². The van der Waals surface area contributed by atoms with Crippen LogP contribution in [0, 0.1) is 0 Å². The summed E-state index contributed by atoms with van der Waals surface area (Å²) in [7, 11) is 6.84. The Hall–Kier alpha value is -7.46. The number of benzene rings is 6. The van der Waals surface area contributed by atoms with Crippen LogP contribution in [0.25, 0.3) is 54.7 Å². The normalized spacial score (nSPS) is 10.6. The molecule has 0 N–H and O–H groups in total. The molecule has 56 heavy (non-hydrogen) atoms. The molecule has 0 unspecified atom stereocenters. The van der Waals surface area contributed by atoms with Gasteiger partial charge in [0.2, 0.25) is 22.1 Å². The quantitative estimate of drug-likeness (QED) is 0.132. The summed E-state index contributed by atoms with van der Waals surface area (Å²) in [4.78, 5) is 42.5. The number of carboxylic acid groups (broad SMARTS) is 2. The number of methoxy groups -OCH3 is 2. The van der Waals surface area contributed by atoms with Gasteiger partial charge in [-0.3, -0.25) is 0 Å². The molecule has 0 bridgehead atoms. The lowest BCUT2D eigenvalue weighted by molar-refractivity contribution is -0.617. The summed E-state index contributed by atoms with van der Waals surface area (Å²) in [6.45, 7) is 0. The van der Waals surface area contributed by atoms with Gasteiger partial charge in [0, 0.05) is 35.4 Å². The topological polar surface area (TPSA) is 141 Å². The number of esters is 2. The zero-order valence-corrected chi connectivity index (χ0v) is 31.0.